The van der Waals surface area contributed by atoms with Crippen molar-refractivity contribution in [2.24, 2.45) is 0 Å². The summed E-state index contributed by atoms with van der Waals surface area (Å²) in [6, 6.07) is 10.5. The van der Waals surface area contributed by atoms with Crippen molar-refractivity contribution in [1.29, 1.82) is 0 Å². The van der Waals surface area contributed by atoms with Gasteiger partial charge in [-0.1, -0.05) is 29.8 Å². The molecule has 0 aromatic heterocycles. The van der Waals surface area contributed by atoms with E-state index in [1.807, 2.05) is 31.2 Å². The lowest BCUT2D eigenvalue weighted by molar-refractivity contribution is 0.0693. The monoisotopic (exact) mass is 336 g/mol. The van der Waals surface area contributed by atoms with Gasteiger partial charge in [-0.05, 0) is 34.5 Å². The van der Waals surface area contributed by atoms with Crippen molar-refractivity contribution in [2.75, 3.05) is 0 Å². The Morgan fingerprint density at radius 1 is 1.30 bits per heavy atom. The van der Waals surface area contributed by atoms with E-state index in [1.165, 1.54) is 12.1 Å². The second kappa shape index (κ2) is 5.96. The van der Waals surface area contributed by atoms with Gasteiger partial charge in [0, 0.05) is 6.07 Å². The van der Waals surface area contributed by atoms with Crippen molar-refractivity contribution >= 4 is 21.9 Å². The van der Waals surface area contributed by atoms with Crippen LogP contribution < -0.4 is 4.74 Å². The van der Waals surface area contributed by atoms with Crippen molar-refractivity contribution in [3.63, 3.8) is 0 Å². The fourth-order valence-corrected chi connectivity index (χ4v) is 2.25. The molecule has 4 nitrogen and oxygen atoms in total. The van der Waals surface area contributed by atoms with E-state index in [-0.39, 0.29) is 11.3 Å². The number of carbonyl (C=O) groups is 1. The molecule has 0 atom stereocenters. The van der Waals surface area contributed by atoms with Crippen LogP contribution in [0.15, 0.2) is 40.9 Å². The molecular formula is C15H13BrO4. The lowest BCUT2D eigenvalue weighted by Crippen LogP contribution is -2.00. The Morgan fingerprint density at radius 2 is 2.05 bits per heavy atom. The first kappa shape index (κ1) is 14.4. The summed E-state index contributed by atoms with van der Waals surface area (Å²) in [5.74, 6) is -1.11. The van der Waals surface area contributed by atoms with Crippen molar-refractivity contribution in [3.05, 3.63) is 57.6 Å². The molecule has 0 radical (unpaired) electrons. The predicted molar refractivity (Wildman–Crippen MR) is 78.3 cm³/mol. The highest BCUT2D eigenvalue weighted by molar-refractivity contribution is 9.10. The summed E-state index contributed by atoms with van der Waals surface area (Å²) in [6.07, 6.45) is 0. The molecule has 2 aromatic carbocycles. The topological polar surface area (TPSA) is 66.8 Å². The second-order valence-electron chi connectivity index (χ2n) is 4.38. The van der Waals surface area contributed by atoms with Crippen LogP contribution in [0.1, 0.15) is 21.5 Å². The Balaban J connectivity index is 2.18. The molecular weight excluding hydrogens is 324 g/mol. The van der Waals surface area contributed by atoms with Gasteiger partial charge < -0.3 is 14.9 Å². The molecule has 2 aromatic rings. The van der Waals surface area contributed by atoms with Gasteiger partial charge in [0.2, 0.25) is 0 Å². The lowest BCUT2D eigenvalue weighted by atomic mass is 10.1. The highest BCUT2D eigenvalue weighted by Gasteiger charge is 2.14. The molecule has 0 unspecified atom stereocenters. The van der Waals surface area contributed by atoms with Crippen LogP contribution in [-0.4, -0.2) is 16.2 Å². The van der Waals surface area contributed by atoms with Crippen LogP contribution in [0.25, 0.3) is 0 Å². The molecule has 0 heterocycles. The first-order valence-corrected chi connectivity index (χ1v) is 6.71. The number of benzene rings is 2. The number of aromatic hydroxyl groups is 1. The third kappa shape index (κ3) is 3.30. The van der Waals surface area contributed by atoms with Gasteiger partial charge in [-0.15, -0.1) is 0 Å². The van der Waals surface area contributed by atoms with Crippen LogP contribution in [0.2, 0.25) is 0 Å². The Morgan fingerprint density at radius 3 is 2.70 bits per heavy atom. The number of phenols is 1. The fourth-order valence-electron chi connectivity index (χ4n) is 1.79. The highest BCUT2D eigenvalue weighted by Crippen LogP contribution is 2.33. The van der Waals surface area contributed by atoms with Gasteiger partial charge in [-0.3, -0.25) is 0 Å². The summed E-state index contributed by atoms with van der Waals surface area (Å²) in [5, 5.41) is 18.5. The molecule has 2 N–H and O–H groups in total. The lowest BCUT2D eigenvalue weighted by Gasteiger charge is -2.10. The summed E-state index contributed by atoms with van der Waals surface area (Å²) in [4.78, 5) is 10.9. The number of halogens is 1. The van der Waals surface area contributed by atoms with Crippen molar-refractivity contribution in [2.45, 2.75) is 13.5 Å². The summed E-state index contributed by atoms with van der Waals surface area (Å²) in [6.45, 7) is 2.33. The molecule has 20 heavy (non-hydrogen) atoms. The van der Waals surface area contributed by atoms with Crippen LogP contribution in [0.5, 0.6) is 11.5 Å². The van der Waals surface area contributed by atoms with Crippen LogP contribution in [0.3, 0.4) is 0 Å². The van der Waals surface area contributed by atoms with Crippen molar-refractivity contribution in [1.82, 2.24) is 0 Å². The van der Waals surface area contributed by atoms with E-state index < -0.39 is 5.97 Å². The van der Waals surface area contributed by atoms with Gasteiger partial charge in [0.05, 0.1) is 4.47 Å². The van der Waals surface area contributed by atoms with Gasteiger partial charge in [0.25, 0.3) is 0 Å². The number of ether oxygens (including phenoxy) is 1. The van der Waals surface area contributed by atoms with Crippen LogP contribution in [-0.2, 0) is 6.61 Å². The molecule has 0 aliphatic rings. The number of hydrogen-bond acceptors (Lipinski definition) is 3. The molecule has 0 spiro atoms. The zero-order valence-electron chi connectivity index (χ0n) is 10.8. The third-order valence-electron chi connectivity index (χ3n) is 2.76. The van der Waals surface area contributed by atoms with Gasteiger partial charge in [-0.2, -0.15) is 0 Å². The van der Waals surface area contributed by atoms with Gasteiger partial charge >= 0.3 is 5.97 Å². The number of carboxylic acid groups (broad SMARTS) is 1. The number of carboxylic acids is 1. The van der Waals surface area contributed by atoms with Crippen LogP contribution >= 0.6 is 15.9 Å². The first-order chi connectivity index (χ1) is 9.47. The maximum atomic E-state index is 10.9. The molecule has 0 aliphatic carbocycles. The van der Waals surface area contributed by atoms with E-state index in [2.05, 4.69) is 15.9 Å². The van der Waals surface area contributed by atoms with E-state index in [9.17, 15) is 9.90 Å². The molecule has 0 saturated carbocycles. The maximum absolute atomic E-state index is 10.9. The molecule has 0 bridgehead atoms. The quantitative estimate of drug-likeness (QED) is 0.892. The molecule has 0 amide bonds. The summed E-state index contributed by atoms with van der Waals surface area (Å²) in [7, 11) is 0. The van der Waals surface area contributed by atoms with E-state index in [1.54, 1.807) is 0 Å². The molecule has 104 valence electrons. The first-order valence-electron chi connectivity index (χ1n) is 5.91. The van der Waals surface area contributed by atoms with E-state index in [4.69, 9.17) is 9.84 Å². The Labute approximate surface area is 124 Å². The minimum absolute atomic E-state index is 0.167. The summed E-state index contributed by atoms with van der Waals surface area (Å²) in [5.41, 5.74) is 1.97. The summed E-state index contributed by atoms with van der Waals surface area (Å²) >= 11 is 3.24. The van der Waals surface area contributed by atoms with E-state index in [0.717, 1.165) is 11.1 Å². The molecule has 5 heteroatoms. The fraction of sp³-hybridized carbons (Fsp3) is 0.133. The number of aryl methyl sites for hydroxylation is 1. The van der Waals surface area contributed by atoms with E-state index in [0.29, 0.717) is 16.8 Å². The number of rotatable bonds is 4. The standard InChI is InChI=1S/C15H13BrO4/c1-9-3-2-4-10(5-9)8-20-14-7-13(17)11(15(18)19)6-12(14)16/h2-7,17H,8H2,1H3,(H,18,19). The SMILES string of the molecule is Cc1cccc(COc2cc(O)c(C(=O)O)cc2Br)c1. The van der Waals surface area contributed by atoms with E-state index >= 15 is 0 Å². The average Bonchev–Trinajstić information content (AvgIpc) is 2.39. The molecule has 0 saturated heterocycles. The number of hydrogen-bond donors (Lipinski definition) is 2. The minimum atomic E-state index is -1.19. The zero-order valence-corrected chi connectivity index (χ0v) is 12.3. The molecule has 0 fully saturated rings. The second-order valence-corrected chi connectivity index (χ2v) is 5.24. The Hall–Kier alpha value is -2.01. The number of aromatic carboxylic acids is 1. The van der Waals surface area contributed by atoms with Crippen molar-refractivity contribution < 1.29 is 19.7 Å². The maximum Gasteiger partial charge on any atom is 0.339 e. The smallest absolute Gasteiger partial charge is 0.339 e. The zero-order chi connectivity index (χ0) is 14.7. The minimum Gasteiger partial charge on any atom is -0.507 e. The molecule has 2 rings (SSSR count). The summed E-state index contributed by atoms with van der Waals surface area (Å²) < 4.78 is 6.08. The van der Waals surface area contributed by atoms with Gasteiger partial charge in [-0.25, -0.2) is 4.79 Å². The normalized spacial score (nSPS) is 10.3. The molecule has 0 aliphatic heterocycles. The Bertz CT molecular complexity index is 652. The average molecular weight is 337 g/mol. The highest BCUT2D eigenvalue weighted by atomic mass is 79.9. The van der Waals surface area contributed by atoms with Gasteiger partial charge in [0.15, 0.2) is 0 Å². The third-order valence-corrected chi connectivity index (χ3v) is 3.38. The predicted octanol–water partition coefficient (Wildman–Crippen LogP) is 3.74. The van der Waals surface area contributed by atoms with Gasteiger partial charge in [0.1, 0.15) is 23.7 Å². The van der Waals surface area contributed by atoms with Crippen molar-refractivity contribution in [3.8, 4) is 11.5 Å². The van der Waals surface area contributed by atoms with Crippen LogP contribution in [0, 0.1) is 6.92 Å². The Kier molecular flexibility index (Phi) is 4.29. The van der Waals surface area contributed by atoms with Crippen LogP contribution in [0.4, 0.5) is 0 Å². The largest absolute Gasteiger partial charge is 0.507 e.